The van der Waals surface area contributed by atoms with Crippen LogP contribution in [0.2, 0.25) is 0 Å². The van der Waals surface area contributed by atoms with Gasteiger partial charge in [0.1, 0.15) is 17.3 Å². The molecule has 0 aliphatic heterocycles. The Hall–Kier alpha value is -1.13. The number of hydrogen-bond donors (Lipinski definition) is 1. The molecule has 1 heterocycles. The summed E-state index contributed by atoms with van der Waals surface area (Å²) in [4.78, 5) is 0. The standard InChI is InChI=1S/C13H13BrFNO/c1-2-9-4-6-12(17-9)13(16)10-7-8(15)3-5-11(10)14/h3-7,13H,2,16H2,1H3. The third kappa shape index (κ3) is 2.58. The molecule has 1 atom stereocenters. The van der Waals surface area contributed by atoms with E-state index >= 15 is 0 Å². The van der Waals surface area contributed by atoms with Crippen molar-refractivity contribution in [2.45, 2.75) is 19.4 Å². The topological polar surface area (TPSA) is 39.2 Å². The first-order valence-corrected chi connectivity index (χ1v) is 6.20. The number of halogens is 2. The van der Waals surface area contributed by atoms with Crippen LogP contribution in [0.4, 0.5) is 4.39 Å². The van der Waals surface area contributed by atoms with Crippen molar-refractivity contribution in [2.24, 2.45) is 5.73 Å². The summed E-state index contributed by atoms with van der Waals surface area (Å²) < 4.78 is 19.5. The van der Waals surface area contributed by atoms with Gasteiger partial charge in [0.15, 0.2) is 0 Å². The normalized spacial score (nSPS) is 12.7. The van der Waals surface area contributed by atoms with E-state index in [0.29, 0.717) is 11.3 Å². The minimum atomic E-state index is -0.458. The zero-order valence-electron chi connectivity index (χ0n) is 9.41. The van der Waals surface area contributed by atoms with Crippen molar-refractivity contribution in [3.8, 4) is 0 Å². The summed E-state index contributed by atoms with van der Waals surface area (Å²) in [6.07, 6.45) is 0.817. The summed E-state index contributed by atoms with van der Waals surface area (Å²) in [6.45, 7) is 2.01. The van der Waals surface area contributed by atoms with E-state index in [1.54, 1.807) is 6.07 Å². The average Bonchev–Trinajstić information content (AvgIpc) is 2.80. The van der Waals surface area contributed by atoms with Gasteiger partial charge < -0.3 is 10.2 Å². The fourth-order valence-corrected chi connectivity index (χ4v) is 2.15. The fraction of sp³-hybridized carbons (Fsp3) is 0.231. The summed E-state index contributed by atoms with van der Waals surface area (Å²) >= 11 is 3.36. The van der Waals surface area contributed by atoms with Crippen LogP contribution in [-0.2, 0) is 6.42 Å². The lowest BCUT2D eigenvalue weighted by Gasteiger charge is -2.11. The van der Waals surface area contributed by atoms with Crippen molar-refractivity contribution < 1.29 is 8.81 Å². The quantitative estimate of drug-likeness (QED) is 0.936. The van der Waals surface area contributed by atoms with Gasteiger partial charge in [-0.15, -0.1) is 0 Å². The minimum Gasteiger partial charge on any atom is -0.464 e. The molecule has 2 nitrogen and oxygen atoms in total. The van der Waals surface area contributed by atoms with E-state index < -0.39 is 6.04 Å². The van der Waals surface area contributed by atoms with E-state index in [-0.39, 0.29) is 5.82 Å². The molecule has 2 rings (SSSR count). The van der Waals surface area contributed by atoms with Crippen molar-refractivity contribution in [1.29, 1.82) is 0 Å². The lowest BCUT2D eigenvalue weighted by atomic mass is 10.1. The molecule has 2 aromatic rings. The lowest BCUT2D eigenvalue weighted by Crippen LogP contribution is -2.11. The van der Waals surface area contributed by atoms with Gasteiger partial charge in [0, 0.05) is 10.9 Å². The fourth-order valence-electron chi connectivity index (χ4n) is 1.66. The molecule has 1 aromatic carbocycles. The molecule has 0 amide bonds. The third-order valence-electron chi connectivity index (χ3n) is 2.63. The first-order chi connectivity index (χ1) is 8.11. The summed E-state index contributed by atoms with van der Waals surface area (Å²) in [5.41, 5.74) is 6.75. The number of nitrogens with two attached hydrogens (primary N) is 1. The maximum atomic E-state index is 13.2. The molecule has 90 valence electrons. The molecule has 0 saturated carbocycles. The predicted molar refractivity (Wildman–Crippen MR) is 68.2 cm³/mol. The smallest absolute Gasteiger partial charge is 0.125 e. The molecule has 1 unspecified atom stereocenters. The highest BCUT2D eigenvalue weighted by Gasteiger charge is 2.16. The average molecular weight is 298 g/mol. The lowest BCUT2D eigenvalue weighted by molar-refractivity contribution is 0.453. The molecule has 0 aliphatic rings. The van der Waals surface area contributed by atoms with E-state index in [1.807, 2.05) is 19.1 Å². The molecule has 0 spiro atoms. The molecule has 0 aliphatic carbocycles. The second-order valence-corrected chi connectivity index (χ2v) is 4.66. The second-order valence-electron chi connectivity index (χ2n) is 3.80. The Labute approximate surface area is 108 Å². The zero-order valence-corrected chi connectivity index (χ0v) is 11.0. The van der Waals surface area contributed by atoms with Crippen LogP contribution in [0.5, 0.6) is 0 Å². The van der Waals surface area contributed by atoms with Crippen molar-refractivity contribution in [1.82, 2.24) is 0 Å². The molecule has 1 aromatic heterocycles. The van der Waals surface area contributed by atoms with Crippen molar-refractivity contribution >= 4 is 15.9 Å². The van der Waals surface area contributed by atoms with Crippen LogP contribution >= 0.6 is 15.9 Å². The Bertz CT molecular complexity index is 524. The highest BCUT2D eigenvalue weighted by Crippen LogP contribution is 2.28. The van der Waals surface area contributed by atoms with E-state index in [4.69, 9.17) is 10.2 Å². The molecular weight excluding hydrogens is 285 g/mol. The predicted octanol–water partition coefficient (Wildman–Crippen LogP) is 3.79. The SMILES string of the molecule is CCc1ccc(C(N)c2cc(F)ccc2Br)o1. The van der Waals surface area contributed by atoms with Gasteiger partial charge in [0.25, 0.3) is 0 Å². The summed E-state index contributed by atoms with van der Waals surface area (Å²) in [5, 5.41) is 0. The second kappa shape index (κ2) is 5.02. The molecule has 0 bridgehead atoms. The number of hydrogen-bond acceptors (Lipinski definition) is 2. The largest absolute Gasteiger partial charge is 0.464 e. The molecule has 0 radical (unpaired) electrons. The van der Waals surface area contributed by atoms with Gasteiger partial charge in [-0.1, -0.05) is 22.9 Å². The highest BCUT2D eigenvalue weighted by molar-refractivity contribution is 9.10. The number of aryl methyl sites for hydroxylation is 1. The minimum absolute atomic E-state index is 0.305. The summed E-state index contributed by atoms with van der Waals surface area (Å²) in [7, 11) is 0. The Balaban J connectivity index is 2.35. The van der Waals surface area contributed by atoms with Crippen LogP contribution in [0, 0.1) is 5.82 Å². The Morgan fingerprint density at radius 1 is 1.35 bits per heavy atom. The molecule has 17 heavy (non-hydrogen) atoms. The van der Waals surface area contributed by atoms with Gasteiger partial charge in [0.05, 0.1) is 6.04 Å². The van der Waals surface area contributed by atoms with E-state index in [0.717, 1.165) is 16.7 Å². The zero-order chi connectivity index (χ0) is 12.4. The number of benzene rings is 1. The van der Waals surface area contributed by atoms with Crippen molar-refractivity contribution in [3.05, 3.63) is 57.7 Å². The third-order valence-corrected chi connectivity index (χ3v) is 3.35. The molecule has 0 saturated heterocycles. The van der Waals surface area contributed by atoms with E-state index in [2.05, 4.69) is 15.9 Å². The maximum absolute atomic E-state index is 13.2. The molecular formula is C13H13BrFNO. The Morgan fingerprint density at radius 2 is 2.12 bits per heavy atom. The summed E-state index contributed by atoms with van der Waals surface area (Å²) in [5.74, 6) is 1.22. The highest BCUT2D eigenvalue weighted by atomic mass is 79.9. The van der Waals surface area contributed by atoms with Gasteiger partial charge >= 0.3 is 0 Å². The van der Waals surface area contributed by atoms with Gasteiger partial charge in [-0.05, 0) is 35.9 Å². The van der Waals surface area contributed by atoms with Gasteiger partial charge in [-0.25, -0.2) is 4.39 Å². The van der Waals surface area contributed by atoms with Crippen LogP contribution in [-0.4, -0.2) is 0 Å². The van der Waals surface area contributed by atoms with Crippen molar-refractivity contribution in [2.75, 3.05) is 0 Å². The first kappa shape index (κ1) is 12.3. The Kier molecular flexibility index (Phi) is 3.64. The summed E-state index contributed by atoms with van der Waals surface area (Å²) in [6, 6.07) is 7.72. The van der Waals surface area contributed by atoms with Crippen LogP contribution in [0.3, 0.4) is 0 Å². The van der Waals surface area contributed by atoms with Crippen LogP contribution < -0.4 is 5.73 Å². The van der Waals surface area contributed by atoms with Crippen LogP contribution in [0.15, 0.2) is 39.2 Å². The number of rotatable bonds is 3. The first-order valence-electron chi connectivity index (χ1n) is 5.41. The van der Waals surface area contributed by atoms with Crippen molar-refractivity contribution in [3.63, 3.8) is 0 Å². The Morgan fingerprint density at radius 3 is 2.76 bits per heavy atom. The number of furan rings is 1. The molecule has 4 heteroatoms. The van der Waals surface area contributed by atoms with E-state index in [1.165, 1.54) is 12.1 Å². The molecule has 2 N–H and O–H groups in total. The van der Waals surface area contributed by atoms with Gasteiger partial charge in [0.2, 0.25) is 0 Å². The molecule has 0 fully saturated rings. The monoisotopic (exact) mass is 297 g/mol. The maximum Gasteiger partial charge on any atom is 0.125 e. The van der Waals surface area contributed by atoms with Crippen LogP contribution in [0.1, 0.15) is 30.0 Å². The van der Waals surface area contributed by atoms with Crippen LogP contribution in [0.25, 0.3) is 0 Å². The van der Waals surface area contributed by atoms with Gasteiger partial charge in [-0.2, -0.15) is 0 Å². The van der Waals surface area contributed by atoms with Gasteiger partial charge in [-0.3, -0.25) is 0 Å². The van der Waals surface area contributed by atoms with E-state index in [9.17, 15) is 4.39 Å².